The normalized spacial score (nSPS) is 27.8. The number of carbonyl (C=O) groups is 2. The summed E-state index contributed by atoms with van der Waals surface area (Å²) in [4.78, 5) is 22.9. The zero-order valence-corrected chi connectivity index (χ0v) is 11.9. The average molecular weight is 310 g/mol. The van der Waals surface area contributed by atoms with Gasteiger partial charge in [0.15, 0.2) is 0 Å². The highest BCUT2D eigenvalue weighted by atomic mass is 35.5. The van der Waals surface area contributed by atoms with Crippen LogP contribution in [0, 0.1) is 0 Å². The average Bonchev–Trinajstić information content (AvgIpc) is 2.85. The largest absolute Gasteiger partial charge is 0.322 e. The first-order valence-corrected chi connectivity index (χ1v) is 8.21. The van der Waals surface area contributed by atoms with E-state index < -0.39 is 27.5 Å². The number of carbonyl (C=O) groups excluding carboxylic acids is 2. The molecule has 1 unspecified atom stereocenters. The highest BCUT2D eigenvalue weighted by Gasteiger charge is 2.52. The van der Waals surface area contributed by atoms with Gasteiger partial charge in [-0.3, -0.25) is 10.1 Å². The summed E-state index contributed by atoms with van der Waals surface area (Å²) in [5.41, 5.74) is -1.09. The van der Waals surface area contributed by atoms with Crippen molar-refractivity contribution in [2.45, 2.75) is 24.8 Å². The highest BCUT2D eigenvalue weighted by molar-refractivity contribution is 7.89. The van der Waals surface area contributed by atoms with Crippen LogP contribution in [0.4, 0.5) is 4.79 Å². The minimum Gasteiger partial charge on any atom is -0.322 e. The van der Waals surface area contributed by atoms with Gasteiger partial charge >= 0.3 is 6.03 Å². The van der Waals surface area contributed by atoms with Gasteiger partial charge in [0.2, 0.25) is 10.0 Å². The molecule has 2 heterocycles. The maximum atomic E-state index is 12.1. The lowest BCUT2D eigenvalue weighted by molar-refractivity contribution is -0.123. The molecule has 2 aliphatic rings. The van der Waals surface area contributed by atoms with E-state index >= 15 is 0 Å². The van der Waals surface area contributed by atoms with Crippen LogP contribution in [0.3, 0.4) is 0 Å². The Labute approximate surface area is 116 Å². The molecule has 1 atom stereocenters. The van der Waals surface area contributed by atoms with Gasteiger partial charge < -0.3 is 5.32 Å². The van der Waals surface area contributed by atoms with Gasteiger partial charge in [-0.05, 0) is 19.3 Å². The van der Waals surface area contributed by atoms with Gasteiger partial charge in [-0.15, -0.1) is 11.6 Å². The fourth-order valence-corrected chi connectivity index (χ4v) is 4.14. The topological polar surface area (TPSA) is 95.6 Å². The van der Waals surface area contributed by atoms with Gasteiger partial charge in [0.25, 0.3) is 5.91 Å². The van der Waals surface area contributed by atoms with Gasteiger partial charge in [-0.2, -0.15) is 4.31 Å². The van der Waals surface area contributed by atoms with Crippen molar-refractivity contribution in [3.05, 3.63) is 0 Å². The molecule has 2 fully saturated rings. The first-order chi connectivity index (χ1) is 8.89. The lowest BCUT2D eigenvalue weighted by atomic mass is 10.00. The van der Waals surface area contributed by atoms with Crippen molar-refractivity contribution in [2.24, 2.45) is 0 Å². The quantitative estimate of drug-likeness (QED) is 0.411. The van der Waals surface area contributed by atoms with E-state index in [0.717, 1.165) is 0 Å². The molecule has 3 amide bonds. The Morgan fingerprint density at radius 3 is 2.63 bits per heavy atom. The summed E-state index contributed by atoms with van der Waals surface area (Å²) in [5.74, 6) is -0.000482. The maximum absolute atomic E-state index is 12.1. The number of imide groups is 1. The first kappa shape index (κ1) is 14.5. The second-order valence-electron chi connectivity index (χ2n) is 4.79. The minimum absolute atomic E-state index is 0.00772. The van der Waals surface area contributed by atoms with Crippen molar-refractivity contribution < 1.29 is 18.0 Å². The summed E-state index contributed by atoms with van der Waals surface area (Å²) in [7, 11) is -3.39. The van der Waals surface area contributed by atoms with Crippen LogP contribution in [0.15, 0.2) is 0 Å². The van der Waals surface area contributed by atoms with Crippen molar-refractivity contribution in [2.75, 3.05) is 24.7 Å². The third-order valence-electron chi connectivity index (χ3n) is 3.43. The van der Waals surface area contributed by atoms with Crippen LogP contribution in [0.1, 0.15) is 19.3 Å². The van der Waals surface area contributed by atoms with E-state index in [4.69, 9.17) is 11.6 Å². The van der Waals surface area contributed by atoms with E-state index in [1.54, 1.807) is 0 Å². The van der Waals surface area contributed by atoms with Crippen LogP contribution in [-0.4, -0.2) is 54.9 Å². The molecule has 2 N–H and O–H groups in total. The van der Waals surface area contributed by atoms with E-state index in [2.05, 4.69) is 10.6 Å². The fraction of sp³-hybridized carbons (Fsp3) is 0.800. The Balaban J connectivity index is 2.02. The lowest BCUT2D eigenvalue weighted by Gasteiger charge is -2.20. The Bertz CT molecular complexity index is 495. The Morgan fingerprint density at radius 2 is 2.05 bits per heavy atom. The smallest absolute Gasteiger partial charge is 0.322 e. The fourth-order valence-electron chi connectivity index (χ4n) is 2.34. The molecule has 0 aliphatic carbocycles. The molecular formula is C10H16ClN3O4S. The molecule has 0 saturated carbocycles. The standard InChI is InChI=1S/C10H16ClN3O4S/c11-4-1-2-6-19(17,18)14-5-3-10(7-14)8(15)12-9(16)13-10/h1-7H2,(H2,12,13,15,16). The van der Waals surface area contributed by atoms with Crippen molar-refractivity contribution in [3.8, 4) is 0 Å². The van der Waals surface area contributed by atoms with Crippen LogP contribution >= 0.6 is 11.6 Å². The lowest BCUT2D eigenvalue weighted by Crippen LogP contribution is -2.49. The Kier molecular flexibility index (Phi) is 4.03. The van der Waals surface area contributed by atoms with Gasteiger partial charge in [0.1, 0.15) is 5.54 Å². The van der Waals surface area contributed by atoms with Crippen LogP contribution in [0.25, 0.3) is 0 Å². The second-order valence-corrected chi connectivity index (χ2v) is 7.25. The number of alkyl halides is 1. The minimum atomic E-state index is -3.39. The summed E-state index contributed by atoms with van der Waals surface area (Å²) in [6.07, 6.45) is 1.43. The van der Waals surface area contributed by atoms with Crippen LogP contribution in [-0.2, 0) is 14.8 Å². The predicted octanol–water partition coefficient (Wildman–Crippen LogP) is -0.381. The molecule has 9 heteroatoms. The van der Waals surface area contributed by atoms with Crippen molar-refractivity contribution >= 4 is 33.6 Å². The molecule has 0 radical (unpaired) electrons. The third kappa shape index (κ3) is 2.85. The van der Waals surface area contributed by atoms with Crippen molar-refractivity contribution in [1.29, 1.82) is 0 Å². The predicted molar refractivity (Wildman–Crippen MR) is 69.3 cm³/mol. The number of unbranched alkanes of at least 4 members (excludes halogenated alkanes) is 1. The van der Waals surface area contributed by atoms with Gasteiger partial charge in [-0.25, -0.2) is 13.2 Å². The van der Waals surface area contributed by atoms with E-state index in [0.29, 0.717) is 25.1 Å². The molecule has 0 bridgehead atoms. The number of rotatable bonds is 5. The number of nitrogens with one attached hydrogen (secondary N) is 2. The second kappa shape index (κ2) is 5.26. The SMILES string of the molecule is O=C1NC(=O)C2(CCN(S(=O)(=O)CCCCCl)C2)N1. The highest BCUT2D eigenvalue weighted by Crippen LogP contribution is 2.27. The van der Waals surface area contributed by atoms with Gasteiger partial charge in [-0.1, -0.05) is 0 Å². The molecule has 1 spiro atoms. The summed E-state index contributed by atoms with van der Waals surface area (Å²) in [5, 5.41) is 4.67. The molecule has 2 rings (SSSR count). The number of amides is 3. The molecule has 2 saturated heterocycles. The van der Waals surface area contributed by atoms with Gasteiger partial charge in [0, 0.05) is 19.0 Å². The third-order valence-corrected chi connectivity index (χ3v) is 5.60. The molecule has 0 aromatic carbocycles. The maximum Gasteiger partial charge on any atom is 0.322 e. The number of halogens is 1. The molecule has 0 aromatic rings. The monoisotopic (exact) mass is 309 g/mol. The molecule has 108 valence electrons. The van der Waals surface area contributed by atoms with E-state index in [1.165, 1.54) is 4.31 Å². The van der Waals surface area contributed by atoms with Crippen LogP contribution < -0.4 is 10.6 Å². The Hall–Kier alpha value is -0.860. The number of nitrogens with zero attached hydrogens (tertiary/aromatic N) is 1. The first-order valence-electron chi connectivity index (χ1n) is 6.07. The number of hydrogen-bond donors (Lipinski definition) is 2. The molecule has 7 nitrogen and oxygen atoms in total. The van der Waals surface area contributed by atoms with E-state index in [1.807, 2.05) is 0 Å². The number of sulfonamides is 1. The summed E-state index contributed by atoms with van der Waals surface area (Å²) in [6, 6.07) is -0.564. The van der Waals surface area contributed by atoms with Crippen LogP contribution in [0.5, 0.6) is 0 Å². The van der Waals surface area contributed by atoms with E-state index in [-0.39, 0.29) is 18.8 Å². The van der Waals surface area contributed by atoms with E-state index in [9.17, 15) is 18.0 Å². The molecular weight excluding hydrogens is 294 g/mol. The Morgan fingerprint density at radius 1 is 1.32 bits per heavy atom. The molecule has 2 aliphatic heterocycles. The van der Waals surface area contributed by atoms with Gasteiger partial charge in [0.05, 0.1) is 5.75 Å². The molecule has 19 heavy (non-hydrogen) atoms. The number of hydrogen-bond acceptors (Lipinski definition) is 4. The van der Waals surface area contributed by atoms with Crippen LogP contribution in [0.2, 0.25) is 0 Å². The summed E-state index contributed by atoms with van der Waals surface area (Å²) < 4.78 is 25.4. The van der Waals surface area contributed by atoms with Crippen molar-refractivity contribution in [3.63, 3.8) is 0 Å². The summed E-state index contributed by atoms with van der Waals surface area (Å²) in [6.45, 7) is 0.255. The summed E-state index contributed by atoms with van der Waals surface area (Å²) >= 11 is 5.51. The molecule has 0 aromatic heterocycles. The van der Waals surface area contributed by atoms with Crippen molar-refractivity contribution in [1.82, 2.24) is 14.9 Å². The zero-order valence-electron chi connectivity index (χ0n) is 10.3. The number of urea groups is 1. The zero-order chi connectivity index (χ0) is 14.1.